The lowest BCUT2D eigenvalue weighted by Crippen LogP contribution is -2.16. The van der Waals surface area contributed by atoms with Crippen molar-refractivity contribution in [1.29, 1.82) is 0 Å². The van der Waals surface area contributed by atoms with Gasteiger partial charge in [-0.1, -0.05) is 35.0 Å². The normalized spacial score (nSPS) is 10.6. The quantitative estimate of drug-likeness (QED) is 0.915. The van der Waals surface area contributed by atoms with Crippen LogP contribution in [-0.4, -0.2) is 15.1 Å². The number of aromatic nitrogens is 2. The predicted octanol–water partition coefficient (Wildman–Crippen LogP) is 2.39. The largest absolute Gasteiger partial charge is 0.493 e. The highest BCUT2D eigenvalue weighted by Gasteiger charge is 2.08. The zero-order valence-electron chi connectivity index (χ0n) is 9.90. The standard InChI is InChI=1S/C13H13BrN2O2/c1-2-10-12(17)15-11(16-13(10)18)7-8-3-5-9(14)6-4-8/h3-6H,2,7H2,1H3,(H2,15,16,17,18). The summed E-state index contributed by atoms with van der Waals surface area (Å²) < 4.78 is 0.997. The van der Waals surface area contributed by atoms with Crippen molar-refractivity contribution in [3.8, 4) is 5.88 Å². The van der Waals surface area contributed by atoms with Crippen molar-refractivity contribution >= 4 is 15.9 Å². The number of nitrogens with one attached hydrogen (secondary N) is 1. The molecule has 0 unspecified atom stereocenters. The fourth-order valence-electron chi connectivity index (χ4n) is 1.73. The van der Waals surface area contributed by atoms with E-state index in [0.29, 0.717) is 24.2 Å². The molecule has 0 amide bonds. The number of nitrogens with zero attached hydrogens (tertiary/aromatic N) is 1. The Labute approximate surface area is 113 Å². The van der Waals surface area contributed by atoms with Crippen LogP contribution in [0.4, 0.5) is 0 Å². The molecule has 0 aliphatic rings. The molecule has 0 aliphatic carbocycles. The molecule has 0 saturated heterocycles. The van der Waals surface area contributed by atoms with Crippen LogP contribution in [0.1, 0.15) is 23.9 Å². The Kier molecular flexibility index (Phi) is 3.81. The van der Waals surface area contributed by atoms with Crippen LogP contribution in [0.25, 0.3) is 0 Å². The summed E-state index contributed by atoms with van der Waals surface area (Å²) in [4.78, 5) is 18.4. The maximum atomic E-state index is 11.7. The highest BCUT2D eigenvalue weighted by Crippen LogP contribution is 2.14. The summed E-state index contributed by atoms with van der Waals surface area (Å²) in [5, 5.41) is 9.66. The van der Waals surface area contributed by atoms with Gasteiger partial charge in [-0.3, -0.25) is 4.79 Å². The molecule has 1 heterocycles. The maximum Gasteiger partial charge on any atom is 0.257 e. The van der Waals surface area contributed by atoms with Crippen molar-refractivity contribution in [3.63, 3.8) is 0 Å². The van der Waals surface area contributed by atoms with Crippen molar-refractivity contribution in [2.45, 2.75) is 19.8 Å². The Morgan fingerprint density at radius 1 is 1.33 bits per heavy atom. The van der Waals surface area contributed by atoms with Gasteiger partial charge in [0.05, 0.1) is 5.56 Å². The second-order valence-electron chi connectivity index (χ2n) is 3.97. The van der Waals surface area contributed by atoms with E-state index in [1.54, 1.807) is 6.92 Å². The predicted molar refractivity (Wildman–Crippen MR) is 72.8 cm³/mol. The van der Waals surface area contributed by atoms with Crippen molar-refractivity contribution < 1.29 is 5.11 Å². The monoisotopic (exact) mass is 308 g/mol. The van der Waals surface area contributed by atoms with Crippen LogP contribution >= 0.6 is 15.9 Å². The molecular weight excluding hydrogens is 296 g/mol. The number of rotatable bonds is 3. The molecule has 0 fully saturated rings. The van der Waals surface area contributed by atoms with E-state index in [1.165, 1.54) is 0 Å². The molecule has 1 aromatic heterocycles. The number of benzene rings is 1. The summed E-state index contributed by atoms with van der Waals surface area (Å²) in [6.07, 6.45) is 0.951. The molecule has 0 radical (unpaired) electrons. The van der Waals surface area contributed by atoms with Crippen LogP contribution in [-0.2, 0) is 12.8 Å². The van der Waals surface area contributed by atoms with Crippen LogP contribution in [0, 0.1) is 0 Å². The summed E-state index contributed by atoms with van der Waals surface area (Å²) in [6.45, 7) is 1.81. The molecule has 0 bridgehead atoms. The third-order valence-electron chi connectivity index (χ3n) is 2.68. The van der Waals surface area contributed by atoms with E-state index in [2.05, 4.69) is 25.9 Å². The van der Waals surface area contributed by atoms with Crippen molar-refractivity contribution in [2.75, 3.05) is 0 Å². The topological polar surface area (TPSA) is 66.0 Å². The van der Waals surface area contributed by atoms with Crippen LogP contribution in [0.3, 0.4) is 0 Å². The van der Waals surface area contributed by atoms with Gasteiger partial charge in [0.25, 0.3) is 5.56 Å². The fourth-order valence-corrected chi connectivity index (χ4v) is 1.99. The van der Waals surface area contributed by atoms with Crippen molar-refractivity contribution in [2.24, 2.45) is 0 Å². The molecule has 2 N–H and O–H groups in total. The van der Waals surface area contributed by atoms with Crippen LogP contribution in [0.15, 0.2) is 33.5 Å². The van der Waals surface area contributed by atoms with Gasteiger partial charge >= 0.3 is 0 Å². The van der Waals surface area contributed by atoms with Gasteiger partial charge in [-0.25, -0.2) is 0 Å². The Balaban J connectivity index is 2.30. The van der Waals surface area contributed by atoms with E-state index >= 15 is 0 Å². The summed E-state index contributed by atoms with van der Waals surface area (Å²) >= 11 is 3.36. The zero-order valence-corrected chi connectivity index (χ0v) is 11.5. The van der Waals surface area contributed by atoms with Gasteiger partial charge in [0.15, 0.2) is 0 Å². The Morgan fingerprint density at radius 2 is 2.00 bits per heavy atom. The van der Waals surface area contributed by atoms with Gasteiger partial charge < -0.3 is 10.1 Å². The first-order chi connectivity index (χ1) is 8.60. The number of hydrogen-bond donors (Lipinski definition) is 2. The third-order valence-corrected chi connectivity index (χ3v) is 3.21. The van der Waals surface area contributed by atoms with E-state index in [0.717, 1.165) is 10.0 Å². The van der Waals surface area contributed by atoms with Gasteiger partial charge in [-0.2, -0.15) is 4.98 Å². The summed E-state index contributed by atoms with van der Waals surface area (Å²) in [7, 11) is 0. The minimum Gasteiger partial charge on any atom is -0.493 e. The SMILES string of the molecule is CCc1c(O)nc(Cc2ccc(Br)cc2)[nH]c1=O. The zero-order chi connectivity index (χ0) is 13.1. The summed E-state index contributed by atoms with van der Waals surface area (Å²) in [5.74, 6) is 0.297. The van der Waals surface area contributed by atoms with E-state index in [-0.39, 0.29) is 11.4 Å². The van der Waals surface area contributed by atoms with E-state index in [9.17, 15) is 9.90 Å². The lowest BCUT2D eigenvalue weighted by atomic mass is 10.1. The number of halogens is 1. The first-order valence-corrected chi connectivity index (χ1v) is 6.45. The van der Waals surface area contributed by atoms with E-state index in [1.807, 2.05) is 24.3 Å². The Bertz CT molecular complexity index is 605. The maximum absolute atomic E-state index is 11.7. The first kappa shape index (κ1) is 12.8. The minimum atomic E-state index is -0.267. The van der Waals surface area contributed by atoms with Gasteiger partial charge in [0.1, 0.15) is 5.82 Å². The molecule has 0 aliphatic heterocycles. The number of aromatic amines is 1. The third kappa shape index (κ3) is 2.79. The second-order valence-corrected chi connectivity index (χ2v) is 4.89. The van der Waals surface area contributed by atoms with Crippen LogP contribution < -0.4 is 5.56 Å². The van der Waals surface area contributed by atoms with E-state index in [4.69, 9.17) is 0 Å². The lowest BCUT2D eigenvalue weighted by molar-refractivity contribution is 0.440. The molecular formula is C13H13BrN2O2. The Morgan fingerprint density at radius 3 is 2.56 bits per heavy atom. The highest BCUT2D eigenvalue weighted by molar-refractivity contribution is 9.10. The molecule has 4 nitrogen and oxygen atoms in total. The van der Waals surface area contributed by atoms with Crippen molar-refractivity contribution in [1.82, 2.24) is 9.97 Å². The summed E-state index contributed by atoms with van der Waals surface area (Å²) in [6, 6.07) is 7.73. The average molecular weight is 309 g/mol. The Hall–Kier alpha value is -1.62. The fraction of sp³-hybridized carbons (Fsp3) is 0.231. The molecule has 2 aromatic rings. The molecule has 5 heteroatoms. The van der Waals surface area contributed by atoms with Gasteiger partial charge in [0, 0.05) is 10.9 Å². The summed E-state index contributed by atoms with van der Waals surface area (Å²) in [5.41, 5.74) is 1.08. The minimum absolute atomic E-state index is 0.173. The molecule has 0 spiro atoms. The van der Waals surface area contributed by atoms with Gasteiger partial charge in [0.2, 0.25) is 5.88 Å². The molecule has 2 rings (SSSR count). The molecule has 0 atom stereocenters. The highest BCUT2D eigenvalue weighted by atomic mass is 79.9. The molecule has 94 valence electrons. The molecule has 18 heavy (non-hydrogen) atoms. The first-order valence-electron chi connectivity index (χ1n) is 5.65. The van der Waals surface area contributed by atoms with Gasteiger partial charge in [-0.05, 0) is 24.1 Å². The van der Waals surface area contributed by atoms with Crippen molar-refractivity contribution in [3.05, 3.63) is 56.0 Å². The molecule has 1 aromatic carbocycles. The second kappa shape index (κ2) is 5.35. The van der Waals surface area contributed by atoms with Crippen LogP contribution in [0.5, 0.6) is 5.88 Å². The number of hydrogen-bond acceptors (Lipinski definition) is 3. The lowest BCUT2D eigenvalue weighted by Gasteiger charge is -2.04. The number of aromatic hydroxyl groups is 1. The van der Waals surface area contributed by atoms with Gasteiger partial charge in [-0.15, -0.1) is 0 Å². The molecule has 0 saturated carbocycles. The van der Waals surface area contributed by atoms with E-state index < -0.39 is 0 Å². The van der Waals surface area contributed by atoms with Crippen LogP contribution in [0.2, 0.25) is 0 Å². The smallest absolute Gasteiger partial charge is 0.257 e. The average Bonchev–Trinajstić information content (AvgIpc) is 2.32. The number of H-pyrrole nitrogens is 1.